The number of non-ortho nitro benzene ring substituents is 1. The summed E-state index contributed by atoms with van der Waals surface area (Å²) in [5.41, 5.74) is 2.70. The predicted octanol–water partition coefficient (Wildman–Crippen LogP) is 3.65. The molecule has 0 atom stereocenters. The summed E-state index contributed by atoms with van der Waals surface area (Å²) >= 11 is 6.02. The van der Waals surface area contributed by atoms with Gasteiger partial charge in [0.1, 0.15) is 0 Å². The smallest absolute Gasteiger partial charge is 0.270 e. The van der Waals surface area contributed by atoms with Crippen molar-refractivity contribution in [3.05, 3.63) is 62.7 Å². The molecule has 26 heavy (non-hydrogen) atoms. The SMILES string of the molecule is Cc1cc(N2CCOCC2)ccc1NC(=O)c1ccc([N+](=O)[O-])cc1Cl. The van der Waals surface area contributed by atoms with Gasteiger partial charge in [0.2, 0.25) is 0 Å². The van der Waals surface area contributed by atoms with Gasteiger partial charge < -0.3 is 15.0 Å². The molecule has 8 heteroatoms. The Labute approximate surface area is 155 Å². The molecule has 1 aliphatic heterocycles. The van der Waals surface area contributed by atoms with Crippen molar-refractivity contribution in [3.63, 3.8) is 0 Å². The fourth-order valence-electron chi connectivity index (χ4n) is 2.80. The topological polar surface area (TPSA) is 84.7 Å². The number of carbonyl (C=O) groups excluding carboxylic acids is 1. The first kappa shape index (κ1) is 18.2. The minimum absolute atomic E-state index is 0.0410. The highest BCUT2D eigenvalue weighted by molar-refractivity contribution is 6.34. The Kier molecular flexibility index (Phi) is 5.39. The van der Waals surface area contributed by atoms with Crippen LogP contribution in [0.25, 0.3) is 0 Å². The third kappa shape index (κ3) is 3.95. The molecule has 0 unspecified atom stereocenters. The zero-order valence-electron chi connectivity index (χ0n) is 14.2. The Morgan fingerprint density at radius 1 is 1.23 bits per heavy atom. The Bertz CT molecular complexity index is 850. The quantitative estimate of drug-likeness (QED) is 0.651. The van der Waals surface area contributed by atoms with Crippen LogP contribution in [0.5, 0.6) is 0 Å². The number of benzene rings is 2. The number of rotatable bonds is 4. The number of nitrogens with one attached hydrogen (secondary N) is 1. The van der Waals surface area contributed by atoms with Crippen LogP contribution in [0.2, 0.25) is 5.02 Å². The molecule has 1 fully saturated rings. The number of aryl methyl sites for hydroxylation is 1. The zero-order chi connectivity index (χ0) is 18.7. The van der Waals surface area contributed by atoms with Gasteiger partial charge in [-0.2, -0.15) is 0 Å². The summed E-state index contributed by atoms with van der Waals surface area (Å²) in [7, 11) is 0. The van der Waals surface area contributed by atoms with E-state index in [0.717, 1.165) is 24.3 Å². The number of amides is 1. The second-order valence-corrected chi connectivity index (χ2v) is 6.38. The van der Waals surface area contributed by atoms with Gasteiger partial charge in [0, 0.05) is 36.6 Å². The molecule has 0 aliphatic carbocycles. The lowest BCUT2D eigenvalue weighted by molar-refractivity contribution is -0.384. The van der Waals surface area contributed by atoms with Crippen molar-refractivity contribution in [2.45, 2.75) is 6.92 Å². The molecule has 1 heterocycles. The van der Waals surface area contributed by atoms with E-state index in [1.165, 1.54) is 18.2 Å². The second-order valence-electron chi connectivity index (χ2n) is 5.97. The third-order valence-corrected chi connectivity index (χ3v) is 4.56. The van der Waals surface area contributed by atoms with Crippen molar-refractivity contribution >= 4 is 34.6 Å². The number of carbonyl (C=O) groups is 1. The molecular formula is C18H18ClN3O4. The zero-order valence-corrected chi connectivity index (χ0v) is 15.0. The average Bonchev–Trinajstić information content (AvgIpc) is 2.63. The van der Waals surface area contributed by atoms with E-state index in [0.29, 0.717) is 18.9 Å². The van der Waals surface area contributed by atoms with Crippen LogP contribution in [0.3, 0.4) is 0 Å². The molecule has 0 saturated carbocycles. The molecule has 2 aromatic carbocycles. The molecule has 7 nitrogen and oxygen atoms in total. The van der Waals surface area contributed by atoms with Gasteiger partial charge in [-0.1, -0.05) is 11.6 Å². The van der Waals surface area contributed by atoms with Crippen LogP contribution in [0.4, 0.5) is 17.1 Å². The summed E-state index contributed by atoms with van der Waals surface area (Å²) in [6.45, 7) is 5.00. The molecule has 0 spiro atoms. The van der Waals surface area contributed by atoms with E-state index in [-0.39, 0.29) is 16.3 Å². The maximum atomic E-state index is 12.5. The number of morpholine rings is 1. The maximum absolute atomic E-state index is 12.5. The van der Waals surface area contributed by atoms with Crippen molar-refractivity contribution in [3.8, 4) is 0 Å². The number of hydrogen-bond donors (Lipinski definition) is 1. The minimum Gasteiger partial charge on any atom is -0.378 e. The monoisotopic (exact) mass is 375 g/mol. The minimum atomic E-state index is -0.553. The summed E-state index contributed by atoms with van der Waals surface area (Å²) in [4.78, 5) is 24.9. The molecule has 0 bridgehead atoms. The summed E-state index contributed by atoms with van der Waals surface area (Å²) < 4.78 is 5.36. The van der Waals surface area contributed by atoms with Crippen molar-refractivity contribution < 1.29 is 14.5 Å². The molecule has 3 rings (SSSR count). The summed E-state index contributed by atoms with van der Waals surface area (Å²) in [6.07, 6.45) is 0. The lowest BCUT2D eigenvalue weighted by Crippen LogP contribution is -2.36. The molecule has 1 aliphatic rings. The number of ether oxygens (including phenoxy) is 1. The highest BCUT2D eigenvalue weighted by Gasteiger charge is 2.17. The number of anilines is 2. The van der Waals surface area contributed by atoms with Crippen molar-refractivity contribution in [2.24, 2.45) is 0 Å². The van der Waals surface area contributed by atoms with E-state index in [2.05, 4.69) is 10.2 Å². The number of nitro groups is 1. The largest absolute Gasteiger partial charge is 0.378 e. The summed E-state index contributed by atoms with van der Waals surface area (Å²) in [5, 5.41) is 13.6. The number of halogens is 1. The first-order valence-electron chi connectivity index (χ1n) is 8.14. The average molecular weight is 376 g/mol. The molecule has 2 aromatic rings. The van der Waals surface area contributed by atoms with Crippen LogP contribution >= 0.6 is 11.6 Å². The highest BCUT2D eigenvalue weighted by Crippen LogP contribution is 2.26. The first-order chi connectivity index (χ1) is 12.5. The lowest BCUT2D eigenvalue weighted by atomic mass is 10.1. The molecular weight excluding hydrogens is 358 g/mol. The van der Waals surface area contributed by atoms with E-state index in [1.54, 1.807) is 0 Å². The molecule has 0 aromatic heterocycles. The normalized spacial score (nSPS) is 14.2. The predicted molar refractivity (Wildman–Crippen MR) is 100 cm³/mol. The van der Waals surface area contributed by atoms with Gasteiger partial charge in [-0.25, -0.2) is 0 Å². The third-order valence-electron chi connectivity index (χ3n) is 4.24. The highest BCUT2D eigenvalue weighted by atomic mass is 35.5. The molecule has 1 amide bonds. The van der Waals surface area contributed by atoms with Crippen LogP contribution in [0.15, 0.2) is 36.4 Å². The van der Waals surface area contributed by atoms with E-state index in [1.807, 2.05) is 25.1 Å². The number of nitro benzene ring substituents is 1. The van der Waals surface area contributed by atoms with Crippen LogP contribution in [0.1, 0.15) is 15.9 Å². The van der Waals surface area contributed by atoms with Crippen LogP contribution in [-0.4, -0.2) is 37.1 Å². The van der Waals surface area contributed by atoms with Gasteiger partial charge in [-0.3, -0.25) is 14.9 Å². The fourth-order valence-corrected chi connectivity index (χ4v) is 3.06. The van der Waals surface area contributed by atoms with Crippen LogP contribution < -0.4 is 10.2 Å². The van der Waals surface area contributed by atoms with E-state index in [4.69, 9.17) is 16.3 Å². The maximum Gasteiger partial charge on any atom is 0.270 e. The Morgan fingerprint density at radius 2 is 1.96 bits per heavy atom. The first-order valence-corrected chi connectivity index (χ1v) is 8.52. The van der Waals surface area contributed by atoms with E-state index < -0.39 is 10.8 Å². The molecule has 0 radical (unpaired) electrons. The standard InChI is InChI=1S/C18H18ClN3O4/c1-12-10-13(21-6-8-26-9-7-21)3-5-17(12)20-18(23)15-4-2-14(22(24)25)11-16(15)19/h2-5,10-11H,6-9H2,1H3,(H,20,23). The Hall–Kier alpha value is -2.64. The number of nitrogens with zero attached hydrogens (tertiary/aromatic N) is 2. The van der Waals surface area contributed by atoms with Crippen molar-refractivity contribution in [1.29, 1.82) is 0 Å². The van der Waals surface area contributed by atoms with Crippen molar-refractivity contribution in [2.75, 3.05) is 36.5 Å². The molecule has 1 N–H and O–H groups in total. The van der Waals surface area contributed by atoms with Gasteiger partial charge in [0.25, 0.3) is 11.6 Å². The van der Waals surface area contributed by atoms with Gasteiger partial charge in [-0.05, 0) is 36.8 Å². The van der Waals surface area contributed by atoms with Gasteiger partial charge in [-0.15, -0.1) is 0 Å². The van der Waals surface area contributed by atoms with E-state index >= 15 is 0 Å². The van der Waals surface area contributed by atoms with Gasteiger partial charge in [0.15, 0.2) is 0 Å². The van der Waals surface area contributed by atoms with Crippen LogP contribution in [0, 0.1) is 17.0 Å². The molecule has 136 valence electrons. The molecule has 1 saturated heterocycles. The summed E-state index contributed by atoms with van der Waals surface area (Å²) in [5.74, 6) is -0.410. The van der Waals surface area contributed by atoms with E-state index in [9.17, 15) is 14.9 Å². The summed E-state index contributed by atoms with van der Waals surface area (Å²) in [6, 6.07) is 9.59. The van der Waals surface area contributed by atoms with Crippen molar-refractivity contribution in [1.82, 2.24) is 0 Å². The van der Waals surface area contributed by atoms with Gasteiger partial charge in [0.05, 0.1) is 28.7 Å². The van der Waals surface area contributed by atoms with Gasteiger partial charge >= 0.3 is 0 Å². The Morgan fingerprint density at radius 3 is 2.58 bits per heavy atom. The number of hydrogen-bond acceptors (Lipinski definition) is 5. The Balaban J connectivity index is 1.76. The fraction of sp³-hybridized carbons (Fsp3) is 0.278. The van der Waals surface area contributed by atoms with Crippen LogP contribution in [-0.2, 0) is 4.74 Å². The second kappa shape index (κ2) is 7.72. The lowest BCUT2D eigenvalue weighted by Gasteiger charge is -2.29.